The molecule has 1 rings (SSSR count). The van der Waals surface area contributed by atoms with E-state index >= 15 is 0 Å². The molecule has 2 heteroatoms. The van der Waals surface area contributed by atoms with Gasteiger partial charge in [-0.1, -0.05) is 51.0 Å². The van der Waals surface area contributed by atoms with Gasteiger partial charge in [-0.2, -0.15) is 0 Å². The summed E-state index contributed by atoms with van der Waals surface area (Å²) in [6.45, 7) is 6.72. The zero-order valence-corrected chi connectivity index (χ0v) is 11.1. The average Bonchev–Trinajstić information content (AvgIpc) is 2.37. The van der Waals surface area contributed by atoms with Crippen LogP contribution in [-0.2, 0) is 17.8 Å². The van der Waals surface area contributed by atoms with Crippen molar-refractivity contribution < 1.29 is 4.74 Å². The number of nitrogens with two attached hydrogens (primary N) is 1. The van der Waals surface area contributed by atoms with Gasteiger partial charge in [-0.15, -0.1) is 0 Å². The summed E-state index contributed by atoms with van der Waals surface area (Å²) in [5.41, 5.74) is 8.21. The fourth-order valence-electron chi connectivity index (χ4n) is 1.96. The second-order valence-electron chi connectivity index (χ2n) is 4.51. The lowest BCUT2D eigenvalue weighted by Crippen LogP contribution is -2.10. The molecule has 17 heavy (non-hydrogen) atoms. The Kier molecular flexibility index (Phi) is 6.90. The predicted octanol–water partition coefficient (Wildman–Crippen LogP) is 3.14. The lowest BCUT2D eigenvalue weighted by Gasteiger charge is -2.14. The Balaban J connectivity index is 2.45. The molecule has 0 aliphatic heterocycles. The smallest absolute Gasteiger partial charge is 0.0719 e. The summed E-state index contributed by atoms with van der Waals surface area (Å²) >= 11 is 0. The maximum absolute atomic E-state index is 5.81. The highest BCUT2D eigenvalue weighted by Gasteiger charge is 2.05. The Morgan fingerprint density at radius 1 is 1.12 bits per heavy atom. The molecule has 0 unspecified atom stereocenters. The summed E-state index contributed by atoms with van der Waals surface area (Å²) in [6, 6.07) is 8.41. The minimum atomic E-state index is 0.691. The van der Waals surface area contributed by atoms with Crippen molar-refractivity contribution >= 4 is 0 Å². The van der Waals surface area contributed by atoms with E-state index in [1.165, 1.54) is 24.0 Å². The first-order chi connectivity index (χ1) is 8.31. The molecule has 0 spiro atoms. The highest BCUT2D eigenvalue weighted by Crippen LogP contribution is 2.13. The molecular formula is C15H25NO. The number of ether oxygens (including phenoxy) is 1. The van der Waals surface area contributed by atoms with Gasteiger partial charge in [0.1, 0.15) is 0 Å². The molecule has 0 aliphatic carbocycles. The predicted molar refractivity (Wildman–Crippen MR) is 72.9 cm³/mol. The van der Waals surface area contributed by atoms with Gasteiger partial charge in [0, 0.05) is 6.61 Å². The molecule has 0 saturated carbocycles. The van der Waals surface area contributed by atoms with E-state index in [1.807, 2.05) is 0 Å². The number of hydrogen-bond acceptors (Lipinski definition) is 2. The molecule has 0 atom stereocenters. The van der Waals surface area contributed by atoms with Crippen LogP contribution in [0.4, 0.5) is 0 Å². The van der Waals surface area contributed by atoms with E-state index in [9.17, 15) is 0 Å². The van der Waals surface area contributed by atoms with Gasteiger partial charge in [-0.25, -0.2) is 0 Å². The van der Waals surface area contributed by atoms with E-state index in [4.69, 9.17) is 10.5 Å². The van der Waals surface area contributed by atoms with Gasteiger partial charge in [0.05, 0.1) is 6.61 Å². The Hall–Kier alpha value is -0.860. The fourth-order valence-corrected chi connectivity index (χ4v) is 1.96. The molecule has 0 saturated heterocycles. The van der Waals surface area contributed by atoms with Crippen LogP contribution in [0, 0.1) is 5.92 Å². The van der Waals surface area contributed by atoms with Crippen molar-refractivity contribution in [3.05, 3.63) is 35.4 Å². The van der Waals surface area contributed by atoms with Crippen molar-refractivity contribution in [3.8, 4) is 0 Å². The fraction of sp³-hybridized carbons (Fsp3) is 0.600. The third kappa shape index (κ3) is 4.88. The monoisotopic (exact) mass is 235 g/mol. The van der Waals surface area contributed by atoms with Crippen molar-refractivity contribution in [2.45, 2.75) is 39.7 Å². The molecule has 1 aromatic carbocycles. The van der Waals surface area contributed by atoms with Gasteiger partial charge in [-0.3, -0.25) is 0 Å². The zero-order valence-electron chi connectivity index (χ0n) is 11.1. The molecule has 2 nitrogen and oxygen atoms in total. The maximum atomic E-state index is 5.81. The molecule has 0 radical (unpaired) electrons. The van der Waals surface area contributed by atoms with Gasteiger partial charge < -0.3 is 10.5 Å². The van der Waals surface area contributed by atoms with Crippen molar-refractivity contribution in [1.29, 1.82) is 0 Å². The molecule has 0 heterocycles. The van der Waals surface area contributed by atoms with Gasteiger partial charge >= 0.3 is 0 Å². The topological polar surface area (TPSA) is 35.2 Å². The Morgan fingerprint density at radius 3 is 2.35 bits per heavy atom. The van der Waals surface area contributed by atoms with Crippen molar-refractivity contribution in [1.82, 2.24) is 0 Å². The Morgan fingerprint density at radius 2 is 1.76 bits per heavy atom. The molecule has 2 N–H and O–H groups in total. The maximum Gasteiger partial charge on any atom is 0.0719 e. The van der Waals surface area contributed by atoms with Crippen LogP contribution in [-0.4, -0.2) is 13.2 Å². The summed E-state index contributed by atoms with van der Waals surface area (Å²) in [6.07, 6.45) is 3.33. The van der Waals surface area contributed by atoms with Crippen molar-refractivity contribution in [2.24, 2.45) is 11.7 Å². The normalized spacial score (nSPS) is 11.1. The molecule has 0 aliphatic rings. The van der Waals surface area contributed by atoms with E-state index in [0.717, 1.165) is 13.0 Å². The SMILES string of the molecule is CCC(CC)COCc1ccccc1CCN. The van der Waals surface area contributed by atoms with E-state index < -0.39 is 0 Å². The standard InChI is InChI=1S/C15H25NO/c1-3-13(4-2)11-17-12-15-8-6-5-7-14(15)9-10-16/h5-8,13H,3-4,9-12,16H2,1-2H3. The summed E-state index contributed by atoms with van der Waals surface area (Å²) in [7, 11) is 0. The van der Waals surface area contributed by atoms with Crippen LogP contribution < -0.4 is 5.73 Å². The van der Waals surface area contributed by atoms with Gasteiger partial charge in [-0.05, 0) is 30.0 Å². The van der Waals surface area contributed by atoms with Crippen LogP contribution in [0.15, 0.2) is 24.3 Å². The van der Waals surface area contributed by atoms with E-state index in [-0.39, 0.29) is 0 Å². The highest BCUT2D eigenvalue weighted by molar-refractivity contribution is 5.26. The Bertz CT molecular complexity index is 308. The lowest BCUT2D eigenvalue weighted by molar-refractivity contribution is 0.0839. The third-order valence-electron chi connectivity index (χ3n) is 3.30. The van der Waals surface area contributed by atoms with E-state index in [1.54, 1.807) is 0 Å². The van der Waals surface area contributed by atoms with Crippen LogP contribution in [0.3, 0.4) is 0 Å². The Labute approximate surface area is 105 Å². The van der Waals surface area contributed by atoms with Crippen LogP contribution in [0.5, 0.6) is 0 Å². The van der Waals surface area contributed by atoms with Gasteiger partial charge in [0.15, 0.2) is 0 Å². The average molecular weight is 235 g/mol. The van der Waals surface area contributed by atoms with Crippen molar-refractivity contribution in [2.75, 3.05) is 13.2 Å². The molecule has 0 bridgehead atoms. The van der Waals surface area contributed by atoms with E-state index in [2.05, 4.69) is 38.1 Å². The largest absolute Gasteiger partial charge is 0.376 e. The second-order valence-corrected chi connectivity index (χ2v) is 4.51. The van der Waals surface area contributed by atoms with Crippen LogP contribution >= 0.6 is 0 Å². The first-order valence-corrected chi connectivity index (χ1v) is 6.66. The minimum Gasteiger partial charge on any atom is -0.376 e. The number of hydrogen-bond donors (Lipinski definition) is 1. The van der Waals surface area contributed by atoms with Crippen LogP contribution in [0.25, 0.3) is 0 Å². The van der Waals surface area contributed by atoms with Gasteiger partial charge in [0.25, 0.3) is 0 Å². The first kappa shape index (κ1) is 14.2. The molecular weight excluding hydrogens is 210 g/mol. The minimum absolute atomic E-state index is 0.691. The number of benzene rings is 1. The summed E-state index contributed by atoms with van der Waals surface area (Å²) < 4.78 is 5.81. The molecule has 0 amide bonds. The van der Waals surface area contributed by atoms with Crippen molar-refractivity contribution in [3.63, 3.8) is 0 Å². The third-order valence-corrected chi connectivity index (χ3v) is 3.30. The second kappa shape index (κ2) is 8.26. The lowest BCUT2D eigenvalue weighted by atomic mass is 10.0. The molecule has 96 valence electrons. The van der Waals surface area contributed by atoms with Crippen LogP contribution in [0.1, 0.15) is 37.8 Å². The first-order valence-electron chi connectivity index (χ1n) is 6.66. The quantitative estimate of drug-likeness (QED) is 0.751. The zero-order chi connectivity index (χ0) is 12.5. The van der Waals surface area contributed by atoms with Gasteiger partial charge in [0.2, 0.25) is 0 Å². The summed E-state index contributed by atoms with van der Waals surface area (Å²) in [4.78, 5) is 0. The number of rotatable bonds is 8. The molecule has 1 aromatic rings. The summed E-state index contributed by atoms with van der Waals surface area (Å²) in [5, 5.41) is 0. The summed E-state index contributed by atoms with van der Waals surface area (Å²) in [5.74, 6) is 0.691. The molecule has 0 aromatic heterocycles. The highest BCUT2D eigenvalue weighted by atomic mass is 16.5. The molecule has 0 fully saturated rings. The van der Waals surface area contributed by atoms with E-state index in [0.29, 0.717) is 19.1 Å². The van der Waals surface area contributed by atoms with Crippen LogP contribution in [0.2, 0.25) is 0 Å².